The second kappa shape index (κ2) is 16.0. The Balaban J connectivity index is 0.000000728. The summed E-state index contributed by atoms with van der Waals surface area (Å²) in [6.45, 7) is 3.52. The second-order valence-electron chi connectivity index (χ2n) is 5.93. The Morgan fingerprint density at radius 2 is 1.46 bits per heavy atom. The maximum atomic E-state index is 11.1. The molecule has 0 aromatic heterocycles. The van der Waals surface area contributed by atoms with Gasteiger partial charge in [0.1, 0.15) is 5.76 Å². The smallest absolute Gasteiger partial charge is 0.509 e. The zero-order chi connectivity index (χ0) is 18.2. The first-order chi connectivity index (χ1) is 11.5. The van der Waals surface area contributed by atoms with Crippen LogP contribution in [0.15, 0.2) is 11.5 Å². The van der Waals surface area contributed by atoms with Gasteiger partial charge in [-0.25, -0.2) is 4.52 Å². The SMILES string of the molecule is C1CCCCC1.CCCCCCCC(O[P+](=O)O[P+](=O)O)=C(C)O. The van der Waals surface area contributed by atoms with E-state index in [2.05, 4.69) is 11.2 Å². The molecular weight excluding hydrogens is 350 g/mol. The van der Waals surface area contributed by atoms with E-state index in [0.29, 0.717) is 6.42 Å². The fourth-order valence-electron chi connectivity index (χ4n) is 2.41. The minimum absolute atomic E-state index is 0.0920. The number of hydrogen-bond donors (Lipinski definition) is 2. The first-order valence-corrected chi connectivity index (χ1v) is 11.1. The molecule has 0 aromatic rings. The average molecular weight is 382 g/mol. The van der Waals surface area contributed by atoms with Crippen molar-refractivity contribution in [2.45, 2.75) is 90.9 Å². The highest BCUT2D eigenvalue weighted by Gasteiger charge is 2.39. The first kappa shape index (κ1) is 23.5. The molecule has 8 heteroatoms. The number of unbranched alkanes of at least 4 members (excludes halogenated alkanes) is 4. The van der Waals surface area contributed by atoms with E-state index in [0.717, 1.165) is 32.1 Å². The lowest BCUT2D eigenvalue weighted by Gasteiger charge is -2.05. The lowest BCUT2D eigenvalue weighted by molar-refractivity contribution is 0.294. The standard InChI is InChI=1S/C10H18O6P2.C6H12/c1-3-4-5-6-7-8-10(9(2)11)15-18(14)16-17(12)13;1-2-4-6-5-3-1/h3-8H2,1-2H3;1-6H2/p+2. The van der Waals surface area contributed by atoms with Crippen LogP contribution in [0.2, 0.25) is 0 Å². The van der Waals surface area contributed by atoms with Gasteiger partial charge in [-0.15, -0.1) is 4.89 Å². The van der Waals surface area contributed by atoms with Gasteiger partial charge in [-0.05, 0) is 13.3 Å². The fraction of sp³-hybridized carbons (Fsp3) is 0.875. The Hall–Kier alpha value is -0.540. The largest absolute Gasteiger partial charge is 0.800 e. The van der Waals surface area contributed by atoms with E-state index >= 15 is 0 Å². The summed E-state index contributed by atoms with van der Waals surface area (Å²) in [6.07, 6.45) is 14.6. The molecule has 0 heterocycles. The number of aliphatic hydroxyl groups is 1. The van der Waals surface area contributed by atoms with Crippen LogP contribution in [0, 0.1) is 0 Å². The van der Waals surface area contributed by atoms with Gasteiger partial charge >= 0.3 is 16.5 Å². The van der Waals surface area contributed by atoms with Crippen molar-refractivity contribution in [1.29, 1.82) is 0 Å². The lowest BCUT2D eigenvalue weighted by Crippen LogP contribution is -1.92. The molecule has 2 N–H and O–H groups in total. The monoisotopic (exact) mass is 382 g/mol. The van der Waals surface area contributed by atoms with E-state index in [-0.39, 0.29) is 11.5 Å². The van der Waals surface area contributed by atoms with Crippen molar-refractivity contribution in [3.63, 3.8) is 0 Å². The number of rotatable bonds is 10. The van der Waals surface area contributed by atoms with Gasteiger partial charge in [-0.1, -0.05) is 71.1 Å². The molecular formula is C16H32O6P2+2. The molecule has 2 atom stereocenters. The third-order valence-corrected chi connectivity index (χ3v) is 5.19. The number of aliphatic hydroxyl groups excluding tert-OH is 1. The van der Waals surface area contributed by atoms with E-state index in [1.165, 1.54) is 45.4 Å². The molecule has 1 aliphatic carbocycles. The van der Waals surface area contributed by atoms with Gasteiger partial charge in [0, 0.05) is 15.6 Å². The summed E-state index contributed by atoms with van der Waals surface area (Å²) in [5, 5.41) is 9.33. The van der Waals surface area contributed by atoms with Crippen LogP contribution in [0.3, 0.4) is 0 Å². The minimum atomic E-state index is -2.97. The third-order valence-electron chi connectivity index (χ3n) is 3.73. The van der Waals surface area contributed by atoms with Gasteiger partial charge in [-0.3, -0.25) is 0 Å². The van der Waals surface area contributed by atoms with Gasteiger partial charge in [0.25, 0.3) is 0 Å². The second-order valence-corrected chi connectivity index (χ2v) is 7.69. The predicted molar refractivity (Wildman–Crippen MR) is 96.0 cm³/mol. The highest BCUT2D eigenvalue weighted by Crippen LogP contribution is 2.39. The Morgan fingerprint density at radius 3 is 1.88 bits per heavy atom. The van der Waals surface area contributed by atoms with Crippen molar-refractivity contribution in [2.75, 3.05) is 0 Å². The van der Waals surface area contributed by atoms with Crippen molar-refractivity contribution in [2.24, 2.45) is 0 Å². The fourth-order valence-corrected chi connectivity index (χ4v) is 3.40. The highest BCUT2D eigenvalue weighted by atomic mass is 31.2. The average Bonchev–Trinajstić information content (AvgIpc) is 2.55. The van der Waals surface area contributed by atoms with Crippen molar-refractivity contribution in [3.8, 4) is 0 Å². The van der Waals surface area contributed by atoms with Gasteiger partial charge in [0.15, 0.2) is 4.31 Å². The molecule has 140 valence electrons. The lowest BCUT2D eigenvalue weighted by atomic mass is 10.0. The van der Waals surface area contributed by atoms with Gasteiger partial charge in [0.2, 0.25) is 5.76 Å². The zero-order valence-electron chi connectivity index (χ0n) is 14.9. The summed E-state index contributed by atoms with van der Waals surface area (Å²) in [5.41, 5.74) is 0. The van der Waals surface area contributed by atoms with Crippen molar-refractivity contribution in [1.82, 2.24) is 0 Å². The molecule has 1 rings (SSSR count). The number of hydrogen-bond acceptors (Lipinski definition) is 5. The summed E-state index contributed by atoms with van der Waals surface area (Å²) in [6, 6.07) is 0. The summed E-state index contributed by atoms with van der Waals surface area (Å²) in [4.78, 5) is 8.39. The van der Waals surface area contributed by atoms with E-state index < -0.39 is 16.5 Å². The molecule has 0 saturated heterocycles. The molecule has 0 aliphatic heterocycles. The molecule has 0 spiro atoms. The molecule has 2 unspecified atom stereocenters. The molecule has 0 bridgehead atoms. The van der Waals surface area contributed by atoms with Crippen LogP contribution >= 0.6 is 16.5 Å². The van der Waals surface area contributed by atoms with Crippen LogP contribution in [-0.2, 0) is 18.0 Å². The molecule has 1 fully saturated rings. The van der Waals surface area contributed by atoms with E-state index in [4.69, 9.17) is 9.42 Å². The van der Waals surface area contributed by atoms with Crippen LogP contribution in [-0.4, -0.2) is 10.00 Å². The van der Waals surface area contributed by atoms with E-state index in [1.54, 1.807) is 0 Å². The van der Waals surface area contributed by atoms with Crippen LogP contribution < -0.4 is 0 Å². The summed E-state index contributed by atoms with van der Waals surface area (Å²) in [7, 11) is -5.69. The minimum Gasteiger partial charge on any atom is -0.509 e. The third kappa shape index (κ3) is 15.0. The normalized spacial score (nSPS) is 16.5. The Kier molecular flexibility index (Phi) is 15.6. The molecule has 6 nitrogen and oxygen atoms in total. The highest BCUT2D eigenvalue weighted by molar-refractivity contribution is 7.47. The van der Waals surface area contributed by atoms with Crippen LogP contribution in [0.1, 0.15) is 90.9 Å². The van der Waals surface area contributed by atoms with Crippen LogP contribution in [0.4, 0.5) is 0 Å². The maximum Gasteiger partial charge on any atom is 0.800 e. The van der Waals surface area contributed by atoms with E-state index in [9.17, 15) is 14.2 Å². The topological polar surface area (TPSA) is 93.1 Å². The first-order valence-electron chi connectivity index (χ1n) is 8.85. The van der Waals surface area contributed by atoms with Crippen LogP contribution in [0.5, 0.6) is 0 Å². The van der Waals surface area contributed by atoms with Gasteiger partial charge < -0.3 is 5.11 Å². The van der Waals surface area contributed by atoms with E-state index in [1.807, 2.05) is 0 Å². The summed E-state index contributed by atoms with van der Waals surface area (Å²) < 4.78 is 30.3. The van der Waals surface area contributed by atoms with Crippen molar-refractivity contribution < 1.29 is 28.0 Å². The molecule has 1 saturated carbocycles. The molecule has 0 radical (unpaired) electrons. The Labute approximate surface area is 147 Å². The molecule has 1 aliphatic rings. The van der Waals surface area contributed by atoms with Crippen LogP contribution in [0.25, 0.3) is 0 Å². The number of allylic oxidation sites excluding steroid dienone is 2. The Morgan fingerprint density at radius 1 is 0.958 bits per heavy atom. The summed E-state index contributed by atoms with van der Waals surface area (Å²) in [5.74, 6) is 0.0510. The molecule has 0 amide bonds. The van der Waals surface area contributed by atoms with Gasteiger partial charge in [0.05, 0.1) is 0 Å². The van der Waals surface area contributed by atoms with Crippen molar-refractivity contribution in [3.05, 3.63) is 11.5 Å². The zero-order valence-corrected chi connectivity index (χ0v) is 16.7. The quantitative estimate of drug-likeness (QED) is 0.245. The predicted octanol–water partition coefficient (Wildman–Crippen LogP) is 6.82. The maximum absolute atomic E-state index is 11.1. The molecule has 24 heavy (non-hydrogen) atoms. The molecule has 0 aromatic carbocycles. The summed E-state index contributed by atoms with van der Waals surface area (Å²) >= 11 is 0. The Bertz CT molecular complexity index is 379. The van der Waals surface area contributed by atoms with Gasteiger partial charge in [-0.2, -0.15) is 0 Å². The van der Waals surface area contributed by atoms with Crippen molar-refractivity contribution >= 4 is 16.5 Å².